The van der Waals surface area contributed by atoms with Crippen LogP contribution in [-0.2, 0) is 17.6 Å². The molecule has 5 heteroatoms. The molecule has 0 aliphatic carbocycles. The van der Waals surface area contributed by atoms with Gasteiger partial charge in [-0.3, -0.25) is 4.79 Å². The van der Waals surface area contributed by atoms with Crippen molar-refractivity contribution in [3.63, 3.8) is 0 Å². The molecule has 4 rings (SSSR count). The molecule has 2 aromatic rings. The van der Waals surface area contributed by atoms with Gasteiger partial charge in [-0.15, -0.1) is 0 Å². The highest BCUT2D eigenvalue weighted by Crippen LogP contribution is 2.36. The molecular formula is C19H21N3O2. The lowest BCUT2D eigenvalue weighted by Gasteiger charge is -2.23. The number of ketones is 1. The van der Waals surface area contributed by atoms with Crippen LogP contribution in [0.15, 0.2) is 36.7 Å². The standard InChI is InChI=1S/C19H21N3O2/c1-2-18-21-9-14(10-22-18)17(23)7-12-3-5-13(6-4-12)19-16-8-15(24-19)11-20-16/h3-6,9-10,15-16,19-20H,2,7-8,11H2,1H3/t15-,16-,19+/m1/s1. The highest BCUT2D eigenvalue weighted by atomic mass is 16.5. The lowest BCUT2D eigenvalue weighted by atomic mass is 9.99. The largest absolute Gasteiger partial charge is 0.367 e. The Hall–Kier alpha value is -2.11. The number of carbonyl (C=O) groups is 1. The molecule has 3 heterocycles. The number of ether oxygens (including phenoxy) is 1. The summed E-state index contributed by atoms with van der Waals surface area (Å²) >= 11 is 0. The molecule has 1 N–H and O–H groups in total. The molecule has 3 atom stereocenters. The van der Waals surface area contributed by atoms with Crippen molar-refractivity contribution in [2.24, 2.45) is 0 Å². The Morgan fingerprint density at radius 3 is 2.58 bits per heavy atom. The van der Waals surface area contributed by atoms with Crippen molar-refractivity contribution >= 4 is 5.78 Å². The Morgan fingerprint density at radius 2 is 2.00 bits per heavy atom. The normalized spacial score (nSPS) is 25.1. The van der Waals surface area contributed by atoms with E-state index in [4.69, 9.17) is 4.74 Å². The maximum atomic E-state index is 12.3. The molecule has 0 saturated carbocycles. The molecule has 2 aliphatic heterocycles. The van der Waals surface area contributed by atoms with Gasteiger partial charge in [0.15, 0.2) is 5.78 Å². The van der Waals surface area contributed by atoms with Crippen LogP contribution in [0.2, 0.25) is 0 Å². The van der Waals surface area contributed by atoms with E-state index in [2.05, 4.69) is 27.4 Å². The number of fused-ring (bicyclic) bond motifs is 2. The predicted molar refractivity (Wildman–Crippen MR) is 89.9 cm³/mol. The molecule has 24 heavy (non-hydrogen) atoms. The molecule has 0 unspecified atom stereocenters. The van der Waals surface area contributed by atoms with Gasteiger partial charge >= 0.3 is 0 Å². The monoisotopic (exact) mass is 323 g/mol. The molecule has 1 aromatic heterocycles. The zero-order valence-electron chi connectivity index (χ0n) is 13.7. The number of benzene rings is 1. The summed E-state index contributed by atoms with van der Waals surface area (Å²) < 4.78 is 6.01. The number of hydrogen-bond donors (Lipinski definition) is 1. The van der Waals surface area contributed by atoms with Crippen LogP contribution in [0.1, 0.15) is 46.8 Å². The number of nitrogens with zero attached hydrogens (tertiary/aromatic N) is 2. The second-order valence-electron chi connectivity index (χ2n) is 6.51. The average molecular weight is 323 g/mol. The van der Waals surface area contributed by atoms with Gasteiger partial charge in [0.05, 0.1) is 17.8 Å². The summed E-state index contributed by atoms with van der Waals surface area (Å²) in [7, 11) is 0. The Labute approximate surface area is 141 Å². The van der Waals surface area contributed by atoms with Gasteiger partial charge in [0.1, 0.15) is 5.82 Å². The molecule has 124 valence electrons. The Bertz CT molecular complexity index is 727. The minimum absolute atomic E-state index is 0.0447. The van der Waals surface area contributed by atoms with Crippen molar-refractivity contribution in [2.75, 3.05) is 6.54 Å². The third-order valence-electron chi connectivity index (χ3n) is 4.85. The summed E-state index contributed by atoms with van der Waals surface area (Å²) in [6.45, 7) is 2.96. The van der Waals surface area contributed by atoms with Gasteiger partial charge in [-0.25, -0.2) is 9.97 Å². The van der Waals surface area contributed by atoms with Gasteiger partial charge in [0, 0.05) is 37.8 Å². The second-order valence-corrected chi connectivity index (χ2v) is 6.51. The molecule has 1 aromatic carbocycles. The molecule has 0 radical (unpaired) electrons. The lowest BCUT2D eigenvalue weighted by Crippen LogP contribution is -2.33. The number of aromatic nitrogens is 2. The lowest BCUT2D eigenvalue weighted by molar-refractivity contribution is 0.0160. The summed E-state index contributed by atoms with van der Waals surface area (Å²) in [5.41, 5.74) is 2.75. The highest BCUT2D eigenvalue weighted by molar-refractivity contribution is 5.96. The summed E-state index contributed by atoms with van der Waals surface area (Å²) in [5.74, 6) is 0.804. The van der Waals surface area contributed by atoms with E-state index in [9.17, 15) is 4.79 Å². The van der Waals surface area contributed by atoms with E-state index in [0.717, 1.165) is 30.8 Å². The first-order valence-corrected chi connectivity index (χ1v) is 8.54. The second kappa shape index (κ2) is 6.42. The quantitative estimate of drug-likeness (QED) is 0.855. The Morgan fingerprint density at radius 1 is 1.25 bits per heavy atom. The van der Waals surface area contributed by atoms with Crippen molar-refractivity contribution in [1.29, 1.82) is 0 Å². The van der Waals surface area contributed by atoms with E-state index >= 15 is 0 Å². The number of nitrogens with one attached hydrogen (secondary N) is 1. The molecule has 2 aliphatic rings. The van der Waals surface area contributed by atoms with Gasteiger partial charge < -0.3 is 10.1 Å². The van der Waals surface area contributed by atoms with Gasteiger partial charge in [-0.2, -0.15) is 0 Å². The topological polar surface area (TPSA) is 64.1 Å². The fourth-order valence-corrected chi connectivity index (χ4v) is 3.47. The van der Waals surface area contributed by atoms with Crippen LogP contribution in [0.3, 0.4) is 0 Å². The number of rotatable bonds is 5. The highest BCUT2D eigenvalue weighted by Gasteiger charge is 2.41. The van der Waals surface area contributed by atoms with E-state index in [1.807, 2.05) is 19.1 Å². The third-order valence-corrected chi connectivity index (χ3v) is 4.85. The van der Waals surface area contributed by atoms with Crippen LogP contribution in [-0.4, -0.2) is 34.4 Å². The number of carbonyl (C=O) groups excluding carboxylic acids is 1. The zero-order chi connectivity index (χ0) is 16.5. The fourth-order valence-electron chi connectivity index (χ4n) is 3.47. The van der Waals surface area contributed by atoms with Gasteiger partial charge in [0.2, 0.25) is 0 Å². The van der Waals surface area contributed by atoms with E-state index < -0.39 is 0 Å². The maximum absolute atomic E-state index is 12.3. The molecule has 2 fully saturated rings. The van der Waals surface area contributed by atoms with Crippen LogP contribution in [0, 0.1) is 0 Å². The predicted octanol–water partition coefficient (Wildman–Crippen LogP) is 2.27. The molecule has 5 nitrogen and oxygen atoms in total. The van der Waals surface area contributed by atoms with Crippen molar-refractivity contribution in [1.82, 2.24) is 15.3 Å². The first-order valence-electron chi connectivity index (χ1n) is 8.54. The van der Waals surface area contributed by atoms with E-state index in [0.29, 0.717) is 24.1 Å². The zero-order valence-corrected chi connectivity index (χ0v) is 13.7. The minimum Gasteiger partial charge on any atom is -0.367 e. The summed E-state index contributed by atoms with van der Waals surface area (Å²) in [6, 6.07) is 8.61. The number of Topliss-reactive ketones (excluding diaryl/α,β-unsaturated/α-hetero) is 1. The minimum atomic E-state index is 0.0447. The summed E-state index contributed by atoms with van der Waals surface area (Å²) in [4.78, 5) is 20.7. The number of aryl methyl sites for hydroxylation is 1. The third kappa shape index (κ3) is 2.97. The van der Waals surface area contributed by atoms with Crippen LogP contribution in [0.4, 0.5) is 0 Å². The van der Waals surface area contributed by atoms with Crippen molar-refractivity contribution in [3.05, 3.63) is 59.2 Å². The first kappa shape index (κ1) is 15.4. The van der Waals surface area contributed by atoms with Crippen molar-refractivity contribution < 1.29 is 9.53 Å². The molecule has 0 spiro atoms. The number of hydrogen-bond acceptors (Lipinski definition) is 5. The van der Waals surface area contributed by atoms with Crippen molar-refractivity contribution in [3.8, 4) is 0 Å². The smallest absolute Gasteiger partial charge is 0.170 e. The van der Waals surface area contributed by atoms with Crippen LogP contribution < -0.4 is 5.32 Å². The average Bonchev–Trinajstić information content (AvgIpc) is 3.26. The van der Waals surface area contributed by atoms with E-state index in [1.165, 1.54) is 5.56 Å². The van der Waals surface area contributed by atoms with Crippen molar-refractivity contribution in [2.45, 2.75) is 44.4 Å². The first-order chi connectivity index (χ1) is 11.7. The van der Waals surface area contributed by atoms with Crippen LogP contribution >= 0.6 is 0 Å². The fraction of sp³-hybridized carbons (Fsp3) is 0.421. The van der Waals surface area contributed by atoms with Gasteiger partial charge in [-0.05, 0) is 17.5 Å². The number of morpholine rings is 1. The maximum Gasteiger partial charge on any atom is 0.170 e. The van der Waals surface area contributed by atoms with Crippen LogP contribution in [0.25, 0.3) is 0 Å². The van der Waals surface area contributed by atoms with E-state index in [-0.39, 0.29) is 11.9 Å². The van der Waals surface area contributed by atoms with Crippen LogP contribution in [0.5, 0.6) is 0 Å². The molecule has 0 amide bonds. The summed E-state index contributed by atoms with van der Waals surface area (Å²) in [6.07, 6.45) is 5.98. The molecular weight excluding hydrogens is 302 g/mol. The molecule has 2 saturated heterocycles. The Kier molecular flexibility index (Phi) is 4.12. The van der Waals surface area contributed by atoms with Gasteiger partial charge in [-0.1, -0.05) is 31.2 Å². The van der Waals surface area contributed by atoms with E-state index in [1.54, 1.807) is 12.4 Å². The molecule has 2 bridgehead atoms. The SMILES string of the molecule is CCc1ncc(C(=O)Cc2ccc([C@@H]3O[C@H]4CN[C@@H]3C4)cc2)cn1. The summed E-state index contributed by atoms with van der Waals surface area (Å²) in [5, 5.41) is 3.49. The Balaban J connectivity index is 1.42. The van der Waals surface area contributed by atoms with Gasteiger partial charge in [0.25, 0.3) is 0 Å².